The Labute approximate surface area is 223 Å². The van der Waals surface area contributed by atoms with Crippen LogP contribution in [0.2, 0.25) is 0 Å². The number of rotatable bonds is 9. The first kappa shape index (κ1) is 28.6. The van der Waals surface area contributed by atoms with E-state index in [9.17, 15) is 30.3 Å². The molecule has 10 atom stereocenters. The molecule has 2 saturated heterocycles. The van der Waals surface area contributed by atoms with Crippen molar-refractivity contribution in [3.63, 3.8) is 0 Å². The summed E-state index contributed by atoms with van der Waals surface area (Å²) in [6.07, 6.45) is -1.71. The predicted octanol–water partition coefficient (Wildman–Crippen LogP) is -0.347. The van der Waals surface area contributed by atoms with E-state index in [4.69, 9.17) is 18.9 Å². The highest BCUT2D eigenvalue weighted by Gasteiger charge is 2.53. The lowest BCUT2D eigenvalue weighted by atomic mass is 9.49. The highest BCUT2D eigenvalue weighted by Crippen LogP contribution is 2.61. The Morgan fingerprint density at radius 2 is 1.53 bits per heavy atom. The number of aliphatic hydroxyl groups excluding tert-OH is 5. The summed E-state index contributed by atoms with van der Waals surface area (Å²) >= 11 is 0. The zero-order valence-corrected chi connectivity index (χ0v) is 22.4. The van der Waals surface area contributed by atoms with E-state index in [0.29, 0.717) is 30.8 Å². The lowest BCUT2D eigenvalue weighted by molar-refractivity contribution is -0.337. The second-order valence-corrected chi connectivity index (χ2v) is 12.5. The molecule has 2 aliphatic heterocycles. The fourth-order valence-electron chi connectivity index (χ4n) is 8.40. The molecule has 5 unspecified atom stereocenters. The van der Waals surface area contributed by atoms with Gasteiger partial charge >= 0.3 is 0 Å². The summed E-state index contributed by atoms with van der Waals surface area (Å²) in [5.41, 5.74) is -0.0211. The molecule has 4 aliphatic carbocycles. The average molecular weight is 544 g/mol. The van der Waals surface area contributed by atoms with E-state index >= 15 is 0 Å². The van der Waals surface area contributed by atoms with Gasteiger partial charge in [-0.25, -0.2) is 0 Å². The van der Waals surface area contributed by atoms with Gasteiger partial charge in [-0.15, -0.1) is 0 Å². The smallest absolute Gasteiger partial charge is 0.221 e. The van der Waals surface area contributed by atoms with Gasteiger partial charge in [0, 0.05) is 18.9 Å². The predicted molar refractivity (Wildman–Crippen MR) is 132 cm³/mol. The Morgan fingerprint density at radius 1 is 0.921 bits per heavy atom. The van der Waals surface area contributed by atoms with Crippen molar-refractivity contribution in [2.45, 2.75) is 114 Å². The van der Waals surface area contributed by atoms with Crippen LogP contribution in [0.25, 0.3) is 0 Å². The average Bonchev–Trinajstić information content (AvgIpc) is 2.86. The van der Waals surface area contributed by atoms with Crippen molar-refractivity contribution in [2.75, 3.05) is 19.8 Å². The van der Waals surface area contributed by atoms with E-state index < -0.39 is 74.4 Å². The van der Waals surface area contributed by atoms with Crippen LogP contribution in [0.4, 0.5) is 0 Å². The van der Waals surface area contributed by atoms with Crippen molar-refractivity contribution in [1.82, 2.24) is 5.32 Å². The van der Waals surface area contributed by atoms with Crippen LogP contribution in [0.1, 0.15) is 58.8 Å². The van der Waals surface area contributed by atoms with Crippen LogP contribution in [-0.4, -0.2) is 107 Å². The highest BCUT2D eigenvalue weighted by atomic mass is 16.7. The highest BCUT2D eigenvalue weighted by molar-refractivity contribution is 5.77. The Balaban J connectivity index is 1.33. The second kappa shape index (κ2) is 11.5. The summed E-state index contributed by atoms with van der Waals surface area (Å²) in [4.78, 5) is 13.4. The Bertz CT molecular complexity index is 792. The van der Waals surface area contributed by atoms with Gasteiger partial charge in [-0.2, -0.15) is 0 Å². The van der Waals surface area contributed by atoms with Crippen molar-refractivity contribution < 1.29 is 49.3 Å². The van der Waals surface area contributed by atoms with E-state index in [0.717, 1.165) is 19.3 Å². The van der Waals surface area contributed by atoms with E-state index in [1.54, 1.807) is 13.8 Å². The fraction of sp³-hybridized carbons (Fsp3) is 0.963. The molecular formula is C27H45NO10. The molecule has 11 nitrogen and oxygen atoms in total. The maximum atomic E-state index is 13.4. The monoisotopic (exact) mass is 543 g/mol. The van der Waals surface area contributed by atoms with Crippen LogP contribution < -0.4 is 5.32 Å². The minimum Gasteiger partial charge on any atom is -0.394 e. The summed E-state index contributed by atoms with van der Waals surface area (Å²) in [6.45, 7) is 2.81. The largest absolute Gasteiger partial charge is 0.394 e. The number of aliphatic hydroxyl groups is 5. The van der Waals surface area contributed by atoms with Gasteiger partial charge < -0.3 is 49.8 Å². The minimum atomic E-state index is -1.46. The standard InChI is InChI=1S/C27H45NO10/c1-3-35-23-13(2)25(34)36-18(12-30)24(23)38-26-20(22(33)21(32)17(11-29)37-26)28-19(31)10-27-7-14-4-15(8-27)6-16(5-14)9-27/h13-18,20-26,29-30,32-34H,3-12H2,1-2H3,(H,28,31)/t13?,14?,15?,16?,17?,18?,20?,21-,22+,23+,24-,25?,26-,27?/m0/s1. The van der Waals surface area contributed by atoms with Crippen molar-refractivity contribution in [3.05, 3.63) is 0 Å². The summed E-state index contributed by atoms with van der Waals surface area (Å²) in [5, 5.41) is 54.5. The lowest BCUT2D eigenvalue weighted by Crippen LogP contribution is -2.67. The molecule has 6 aliphatic rings. The molecule has 0 radical (unpaired) electrons. The molecule has 6 fully saturated rings. The number of nitrogens with one attached hydrogen (secondary N) is 1. The summed E-state index contributed by atoms with van der Waals surface area (Å²) in [6, 6.07) is -1.13. The summed E-state index contributed by atoms with van der Waals surface area (Å²) in [5.74, 6) is 1.34. The number of amides is 1. The molecule has 0 spiro atoms. The first-order chi connectivity index (χ1) is 18.2. The molecule has 4 saturated carbocycles. The summed E-state index contributed by atoms with van der Waals surface area (Å²) < 4.78 is 23.5. The van der Waals surface area contributed by atoms with E-state index in [1.165, 1.54) is 19.3 Å². The third kappa shape index (κ3) is 5.51. The molecule has 6 N–H and O–H groups in total. The molecule has 0 aromatic rings. The van der Waals surface area contributed by atoms with Crippen LogP contribution in [0, 0.1) is 29.1 Å². The van der Waals surface area contributed by atoms with Gasteiger partial charge in [-0.3, -0.25) is 4.79 Å². The van der Waals surface area contributed by atoms with Gasteiger partial charge in [0.2, 0.25) is 5.91 Å². The molecule has 6 rings (SSSR count). The van der Waals surface area contributed by atoms with Gasteiger partial charge in [0.1, 0.15) is 36.6 Å². The normalized spacial score (nSPS) is 50.2. The lowest BCUT2D eigenvalue weighted by Gasteiger charge is -2.56. The van der Waals surface area contributed by atoms with E-state index in [1.807, 2.05) is 0 Å². The quantitative estimate of drug-likeness (QED) is 0.226. The van der Waals surface area contributed by atoms with Gasteiger partial charge in [0.05, 0.1) is 19.3 Å². The second-order valence-electron chi connectivity index (χ2n) is 12.5. The minimum absolute atomic E-state index is 0.0211. The molecule has 0 aromatic heterocycles. The van der Waals surface area contributed by atoms with Gasteiger partial charge in [0.25, 0.3) is 0 Å². The number of hydrogen-bond donors (Lipinski definition) is 6. The molecule has 11 heteroatoms. The van der Waals surface area contributed by atoms with Crippen molar-refractivity contribution in [2.24, 2.45) is 29.1 Å². The number of ether oxygens (including phenoxy) is 4. The van der Waals surface area contributed by atoms with E-state index in [-0.39, 0.29) is 11.3 Å². The van der Waals surface area contributed by atoms with Crippen molar-refractivity contribution in [1.29, 1.82) is 0 Å². The number of carbonyl (C=O) groups excluding carboxylic acids is 1. The van der Waals surface area contributed by atoms with Crippen LogP contribution in [0.5, 0.6) is 0 Å². The zero-order valence-electron chi connectivity index (χ0n) is 22.4. The zero-order chi connectivity index (χ0) is 27.2. The fourth-order valence-corrected chi connectivity index (χ4v) is 8.40. The first-order valence-corrected chi connectivity index (χ1v) is 14.3. The SMILES string of the molecule is CCO[C@@H]1C(C)C(O)OC(CO)[C@@H]1O[C@@H]1OC(CO)[C@H](O)[C@H](O)C1NC(=O)CC12CC3CC(CC(C3)C1)C2. The summed E-state index contributed by atoms with van der Waals surface area (Å²) in [7, 11) is 0. The topological polar surface area (TPSA) is 167 Å². The molecule has 218 valence electrons. The number of carbonyl (C=O) groups is 1. The maximum absolute atomic E-state index is 13.4. The Morgan fingerprint density at radius 3 is 2.08 bits per heavy atom. The molecule has 1 amide bonds. The van der Waals surface area contributed by atoms with Crippen LogP contribution >= 0.6 is 0 Å². The molecule has 38 heavy (non-hydrogen) atoms. The van der Waals surface area contributed by atoms with Crippen molar-refractivity contribution in [3.8, 4) is 0 Å². The molecule has 0 aromatic carbocycles. The third-order valence-electron chi connectivity index (χ3n) is 9.71. The molecule has 2 heterocycles. The molecular weight excluding hydrogens is 498 g/mol. The first-order valence-electron chi connectivity index (χ1n) is 14.3. The Kier molecular flexibility index (Phi) is 8.69. The van der Waals surface area contributed by atoms with Gasteiger partial charge in [-0.1, -0.05) is 6.92 Å². The maximum Gasteiger partial charge on any atom is 0.221 e. The van der Waals surface area contributed by atoms with Crippen LogP contribution in [-0.2, 0) is 23.7 Å². The third-order valence-corrected chi connectivity index (χ3v) is 9.71. The van der Waals surface area contributed by atoms with Crippen LogP contribution in [0.15, 0.2) is 0 Å². The van der Waals surface area contributed by atoms with E-state index in [2.05, 4.69) is 5.32 Å². The van der Waals surface area contributed by atoms with Gasteiger partial charge in [0.15, 0.2) is 12.6 Å². The Hall–Kier alpha value is -0.890. The van der Waals surface area contributed by atoms with Gasteiger partial charge in [-0.05, 0) is 68.6 Å². The van der Waals surface area contributed by atoms with Crippen LogP contribution in [0.3, 0.4) is 0 Å². The van der Waals surface area contributed by atoms with Crippen molar-refractivity contribution >= 4 is 5.91 Å². The molecule has 4 bridgehead atoms. The number of hydrogen-bond acceptors (Lipinski definition) is 10.